The minimum Gasteiger partial charge on any atom is -0.494 e. The Kier molecular flexibility index (Phi) is 4.17. The van der Waals surface area contributed by atoms with Crippen LogP contribution in [0.2, 0.25) is 5.15 Å². The number of aliphatic hydroxyl groups excluding tert-OH is 1. The van der Waals surface area contributed by atoms with Gasteiger partial charge in [-0.1, -0.05) is 36.6 Å². The van der Waals surface area contributed by atoms with Gasteiger partial charge in [-0.3, -0.25) is 0 Å². The van der Waals surface area contributed by atoms with E-state index in [-0.39, 0.29) is 6.61 Å². The predicted octanol–water partition coefficient (Wildman–Crippen LogP) is 3.68. The van der Waals surface area contributed by atoms with E-state index in [4.69, 9.17) is 16.3 Å². The number of benzene rings is 1. The molecule has 1 fully saturated rings. The highest BCUT2D eigenvalue weighted by Crippen LogP contribution is 2.38. The average molecular weight is 307 g/mol. The van der Waals surface area contributed by atoms with Gasteiger partial charge in [0.25, 0.3) is 0 Å². The summed E-state index contributed by atoms with van der Waals surface area (Å²) in [6, 6.07) is 7.62. The Morgan fingerprint density at radius 3 is 2.71 bits per heavy atom. The summed E-state index contributed by atoms with van der Waals surface area (Å²) >= 11 is 6.46. The van der Waals surface area contributed by atoms with Crippen molar-refractivity contribution in [3.8, 4) is 11.4 Å². The summed E-state index contributed by atoms with van der Waals surface area (Å²) in [6.45, 7) is -0.0835. The molecule has 4 nitrogen and oxygen atoms in total. The first kappa shape index (κ1) is 14.4. The molecule has 0 saturated heterocycles. The summed E-state index contributed by atoms with van der Waals surface area (Å²) in [5.74, 6) is 1.12. The van der Waals surface area contributed by atoms with Crippen LogP contribution < -0.4 is 4.74 Å². The van der Waals surface area contributed by atoms with Crippen molar-refractivity contribution in [1.82, 2.24) is 9.78 Å². The molecule has 21 heavy (non-hydrogen) atoms. The van der Waals surface area contributed by atoms with Gasteiger partial charge in [-0.05, 0) is 25.0 Å². The van der Waals surface area contributed by atoms with Crippen molar-refractivity contribution in [1.29, 1.82) is 0 Å². The zero-order chi connectivity index (χ0) is 14.8. The van der Waals surface area contributed by atoms with Crippen LogP contribution in [0.3, 0.4) is 0 Å². The van der Waals surface area contributed by atoms with Crippen molar-refractivity contribution >= 4 is 11.6 Å². The van der Waals surface area contributed by atoms with Gasteiger partial charge in [0, 0.05) is 11.5 Å². The van der Waals surface area contributed by atoms with Crippen LogP contribution in [0.15, 0.2) is 24.3 Å². The third-order valence-electron chi connectivity index (χ3n) is 4.17. The number of hydrogen-bond acceptors (Lipinski definition) is 3. The molecular formula is C16H19ClN2O2. The summed E-state index contributed by atoms with van der Waals surface area (Å²) in [7, 11) is 1.63. The molecule has 5 heteroatoms. The van der Waals surface area contributed by atoms with E-state index in [0.717, 1.165) is 29.8 Å². The van der Waals surface area contributed by atoms with Crippen molar-refractivity contribution in [2.24, 2.45) is 0 Å². The lowest BCUT2D eigenvalue weighted by Crippen LogP contribution is -2.02. The number of hydrogen-bond donors (Lipinski definition) is 1. The maximum atomic E-state index is 9.68. The Hall–Kier alpha value is -1.52. The van der Waals surface area contributed by atoms with Crippen LogP contribution in [-0.2, 0) is 6.61 Å². The lowest BCUT2D eigenvalue weighted by atomic mass is 10.0. The van der Waals surface area contributed by atoms with E-state index >= 15 is 0 Å². The van der Waals surface area contributed by atoms with Crippen molar-refractivity contribution < 1.29 is 9.84 Å². The monoisotopic (exact) mass is 306 g/mol. The lowest BCUT2D eigenvalue weighted by Gasteiger charge is -2.09. The van der Waals surface area contributed by atoms with E-state index in [1.807, 2.05) is 24.3 Å². The molecule has 0 radical (unpaired) electrons. The van der Waals surface area contributed by atoms with E-state index in [1.165, 1.54) is 12.8 Å². The van der Waals surface area contributed by atoms with E-state index in [9.17, 15) is 5.11 Å². The maximum Gasteiger partial charge on any atom is 0.144 e. The Bertz CT molecular complexity index is 633. The molecule has 1 N–H and O–H groups in total. The van der Waals surface area contributed by atoms with Gasteiger partial charge in [0.15, 0.2) is 0 Å². The number of aliphatic hydroxyl groups is 1. The van der Waals surface area contributed by atoms with Crippen molar-refractivity contribution in [3.63, 3.8) is 0 Å². The van der Waals surface area contributed by atoms with Crippen molar-refractivity contribution in [2.45, 2.75) is 38.2 Å². The molecule has 0 spiro atoms. The molecule has 112 valence electrons. The van der Waals surface area contributed by atoms with Crippen LogP contribution in [0, 0.1) is 0 Å². The standard InChI is InChI=1S/C16H19ClN2O2/c1-21-14-9-5-4-8-13(14)19-16(17)12(10-20)15(18-19)11-6-2-3-7-11/h4-5,8-9,11,20H,2-3,6-7,10H2,1H3. The third kappa shape index (κ3) is 2.54. The number of para-hydroxylation sites is 2. The fraction of sp³-hybridized carbons (Fsp3) is 0.438. The van der Waals surface area contributed by atoms with Crippen LogP contribution in [0.25, 0.3) is 5.69 Å². The third-order valence-corrected chi connectivity index (χ3v) is 4.55. The molecular weight excluding hydrogens is 288 g/mol. The second-order valence-corrected chi connectivity index (χ2v) is 5.74. The predicted molar refractivity (Wildman–Crippen MR) is 82.3 cm³/mol. The normalized spacial score (nSPS) is 15.6. The second-order valence-electron chi connectivity index (χ2n) is 5.38. The van der Waals surface area contributed by atoms with Crippen LogP contribution in [0.5, 0.6) is 5.75 Å². The Morgan fingerprint density at radius 1 is 1.33 bits per heavy atom. The highest BCUT2D eigenvalue weighted by Gasteiger charge is 2.26. The number of aromatic nitrogens is 2. The zero-order valence-corrected chi connectivity index (χ0v) is 12.8. The summed E-state index contributed by atoms with van der Waals surface area (Å²) < 4.78 is 7.06. The molecule has 0 aliphatic heterocycles. The molecule has 1 aromatic heterocycles. The van der Waals surface area contributed by atoms with Crippen molar-refractivity contribution in [3.05, 3.63) is 40.7 Å². The van der Waals surface area contributed by atoms with Gasteiger partial charge in [-0.15, -0.1) is 0 Å². The number of nitrogens with zero attached hydrogens (tertiary/aromatic N) is 2. The van der Waals surface area contributed by atoms with Gasteiger partial charge >= 0.3 is 0 Å². The average Bonchev–Trinajstić information content (AvgIpc) is 3.14. The van der Waals surface area contributed by atoms with Crippen LogP contribution in [0.4, 0.5) is 0 Å². The molecule has 0 unspecified atom stereocenters. The molecule has 3 rings (SSSR count). The van der Waals surface area contributed by atoms with Gasteiger partial charge in [0.05, 0.1) is 19.4 Å². The lowest BCUT2D eigenvalue weighted by molar-refractivity contribution is 0.280. The molecule has 1 aliphatic carbocycles. The van der Waals surface area contributed by atoms with Crippen LogP contribution >= 0.6 is 11.6 Å². The fourth-order valence-corrected chi connectivity index (χ4v) is 3.37. The number of methoxy groups -OCH3 is 1. The highest BCUT2D eigenvalue weighted by atomic mass is 35.5. The summed E-state index contributed by atoms with van der Waals surface area (Å²) in [4.78, 5) is 0. The van der Waals surface area contributed by atoms with Gasteiger partial charge < -0.3 is 9.84 Å². The highest BCUT2D eigenvalue weighted by molar-refractivity contribution is 6.30. The Labute approximate surface area is 129 Å². The minimum absolute atomic E-state index is 0.0835. The smallest absolute Gasteiger partial charge is 0.144 e. The maximum absolute atomic E-state index is 9.68. The minimum atomic E-state index is -0.0835. The van der Waals surface area contributed by atoms with Gasteiger partial charge in [-0.25, -0.2) is 4.68 Å². The quantitative estimate of drug-likeness (QED) is 0.937. The first-order chi connectivity index (χ1) is 10.3. The van der Waals surface area contributed by atoms with E-state index < -0.39 is 0 Å². The molecule has 1 aliphatic rings. The van der Waals surface area contributed by atoms with E-state index in [0.29, 0.717) is 16.8 Å². The largest absolute Gasteiger partial charge is 0.494 e. The Balaban J connectivity index is 2.10. The fourth-order valence-electron chi connectivity index (χ4n) is 3.08. The molecule has 1 aromatic carbocycles. The summed E-state index contributed by atoms with van der Waals surface area (Å²) in [5, 5.41) is 14.8. The molecule has 1 saturated carbocycles. The van der Waals surface area contributed by atoms with Gasteiger partial charge in [0.2, 0.25) is 0 Å². The van der Waals surface area contributed by atoms with Crippen molar-refractivity contribution in [2.75, 3.05) is 7.11 Å². The number of halogens is 1. The molecule has 0 amide bonds. The molecule has 0 bridgehead atoms. The Morgan fingerprint density at radius 2 is 2.05 bits per heavy atom. The van der Waals surface area contributed by atoms with Crippen LogP contribution in [0.1, 0.15) is 42.9 Å². The SMILES string of the molecule is COc1ccccc1-n1nc(C2CCCC2)c(CO)c1Cl. The molecule has 1 heterocycles. The number of ether oxygens (including phenoxy) is 1. The first-order valence-electron chi connectivity index (χ1n) is 7.27. The topological polar surface area (TPSA) is 47.3 Å². The molecule has 0 atom stereocenters. The summed E-state index contributed by atoms with van der Waals surface area (Å²) in [6.07, 6.45) is 4.67. The second kappa shape index (κ2) is 6.08. The van der Waals surface area contributed by atoms with Gasteiger partial charge in [0.1, 0.15) is 16.6 Å². The zero-order valence-electron chi connectivity index (χ0n) is 12.1. The van der Waals surface area contributed by atoms with E-state index in [1.54, 1.807) is 11.8 Å². The van der Waals surface area contributed by atoms with Gasteiger partial charge in [-0.2, -0.15) is 5.10 Å². The summed E-state index contributed by atoms with van der Waals surface area (Å²) in [5.41, 5.74) is 2.48. The number of rotatable bonds is 4. The van der Waals surface area contributed by atoms with Crippen LogP contribution in [-0.4, -0.2) is 22.0 Å². The first-order valence-corrected chi connectivity index (χ1v) is 7.65. The van der Waals surface area contributed by atoms with E-state index in [2.05, 4.69) is 5.10 Å². The molecule has 2 aromatic rings.